The van der Waals surface area contributed by atoms with Crippen LogP contribution in [0.1, 0.15) is 53.1 Å². The van der Waals surface area contributed by atoms with E-state index in [1.165, 1.54) is 0 Å². The molecule has 2 N–H and O–H groups in total. The van der Waals surface area contributed by atoms with Crippen LogP contribution in [-0.4, -0.2) is 33.0 Å². The van der Waals surface area contributed by atoms with Crippen LogP contribution in [0.2, 0.25) is 0 Å². The van der Waals surface area contributed by atoms with Crippen LogP contribution in [0.5, 0.6) is 0 Å². The van der Waals surface area contributed by atoms with Gasteiger partial charge in [-0.25, -0.2) is 0 Å². The predicted octanol–water partition coefficient (Wildman–Crippen LogP) is 3.48. The van der Waals surface area contributed by atoms with Gasteiger partial charge in [0.15, 0.2) is 0 Å². The van der Waals surface area contributed by atoms with Crippen LogP contribution in [0.3, 0.4) is 0 Å². The molecular formula is C22H24N4O2. The summed E-state index contributed by atoms with van der Waals surface area (Å²) in [7, 11) is 1.72. The Kier molecular flexibility index (Phi) is 4.86. The Morgan fingerprint density at radius 2 is 1.89 bits per heavy atom. The number of H-pyrrole nitrogens is 2. The van der Waals surface area contributed by atoms with Gasteiger partial charge in [-0.15, -0.1) is 0 Å². The molecule has 4 rings (SSSR count). The number of pyridine rings is 1. The number of hydrogen-bond donors (Lipinski definition) is 2. The number of aryl methyl sites for hydroxylation is 2. The zero-order chi connectivity index (χ0) is 19.7. The molecule has 0 bridgehead atoms. The zero-order valence-corrected chi connectivity index (χ0v) is 16.2. The van der Waals surface area contributed by atoms with Crippen molar-refractivity contribution in [3.8, 4) is 11.3 Å². The van der Waals surface area contributed by atoms with Gasteiger partial charge in [-0.1, -0.05) is 30.3 Å². The second kappa shape index (κ2) is 7.46. The average molecular weight is 376 g/mol. The number of fused-ring (bicyclic) bond motifs is 1. The Bertz CT molecular complexity index is 1050. The third-order valence-electron chi connectivity index (χ3n) is 5.59. The molecule has 0 fully saturated rings. The van der Waals surface area contributed by atoms with Crippen molar-refractivity contribution in [2.24, 2.45) is 0 Å². The number of benzene rings is 1. The molecule has 1 aromatic carbocycles. The Morgan fingerprint density at radius 1 is 1.14 bits per heavy atom. The maximum absolute atomic E-state index is 13.0. The van der Waals surface area contributed by atoms with Crippen molar-refractivity contribution in [1.29, 1.82) is 0 Å². The summed E-state index contributed by atoms with van der Waals surface area (Å²) in [5, 5.41) is 7.39. The van der Waals surface area contributed by atoms with Crippen molar-refractivity contribution in [1.82, 2.24) is 20.1 Å². The summed E-state index contributed by atoms with van der Waals surface area (Å²) in [6.07, 6.45) is 3.96. The first-order chi connectivity index (χ1) is 13.5. The van der Waals surface area contributed by atoms with Gasteiger partial charge in [0.05, 0.1) is 17.4 Å². The van der Waals surface area contributed by atoms with Crippen molar-refractivity contribution in [3.63, 3.8) is 0 Å². The predicted molar refractivity (Wildman–Crippen MR) is 108 cm³/mol. The number of rotatable bonds is 4. The van der Waals surface area contributed by atoms with Gasteiger partial charge in [0.1, 0.15) is 5.56 Å². The molecule has 0 spiro atoms. The van der Waals surface area contributed by atoms with Gasteiger partial charge >= 0.3 is 0 Å². The van der Waals surface area contributed by atoms with Gasteiger partial charge in [0.25, 0.3) is 11.5 Å². The lowest BCUT2D eigenvalue weighted by molar-refractivity contribution is 0.0737. The number of aromatic amines is 2. The van der Waals surface area contributed by atoms with E-state index in [-0.39, 0.29) is 23.1 Å². The van der Waals surface area contributed by atoms with Gasteiger partial charge in [-0.2, -0.15) is 5.10 Å². The van der Waals surface area contributed by atoms with Crippen LogP contribution in [0.15, 0.2) is 47.3 Å². The number of nitrogens with zero attached hydrogens (tertiary/aromatic N) is 2. The molecule has 28 heavy (non-hydrogen) atoms. The Labute approximate surface area is 163 Å². The third kappa shape index (κ3) is 3.38. The van der Waals surface area contributed by atoms with E-state index in [0.717, 1.165) is 53.9 Å². The molecule has 1 amide bonds. The summed E-state index contributed by atoms with van der Waals surface area (Å²) in [6, 6.07) is 13.4. The molecule has 144 valence electrons. The summed E-state index contributed by atoms with van der Waals surface area (Å²) in [5.74, 6) is -0.280. The molecule has 2 heterocycles. The highest BCUT2D eigenvalue weighted by molar-refractivity contribution is 5.94. The molecule has 0 saturated carbocycles. The van der Waals surface area contributed by atoms with Gasteiger partial charge in [0, 0.05) is 18.3 Å². The fourth-order valence-electron chi connectivity index (χ4n) is 3.72. The van der Waals surface area contributed by atoms with Crippen LogP contribution in [0.4, 0.5) is 0 Å². The quantitative estimate of drug-likeness (QED) is 0.731. The first-order valence-corrected chi connectivity index (χ1v) is 9.67. The highest BCUT2D eigenvalue weighted by Crippen LogP contribution is 2.24. The molecule has 3 aromatic rings. The second-order valence-corrected chi connectivity index (χ2v) is 7.39. The fraction of sp³-hybridized carbons (Fsp3) is 0.318. The summed E-state index contributed by atoms with van der Waals surface area (Å²) in [5.41, 5.74) is 4.63. The SMILES string of the molecule is C[C@H](c1cc(-c2ccccc2)n[nH]1)N(C)C(=O)c1cc2c([nH]c1=O)CCCC2. The van der Waals surface area contributed by atoms with Crippen LogP contribution in [-0.2, 0) is 12.8 Å². The van der Waals surface area contributed by atoms with Gasteiger partial charge in [-0.05, 0) is 50.3 Å². The third-order valence-corrected chi connectivity index (χ3v) is 5.59. The normalized spacial score (nSPS) is 14.4. The summed E-state index contributed by atoms with van der Waals surface area (Å²) >= 11 is 0. The van der Waals surface area contributed by atoms with Crippen LogP contribution < -0.4 is 5.56 Å². The van der Waals surface area contributed by atoms with E-state index >= 15 is 0 Å². The molecule has 0 aliphatic heterocycles. The van der Waals surface area contributed by atoms with E-state index in [2.05, 4.69) is 15.2 Å². The van der Waals surface area contributed by atoms with Crippen LogP contribution >= 0.6 is 0 Å². The number of carbonyl (C=O) groups is 1. The minimum Gasteiger partial charge on any atom is -0.333 e. The molecule has 6 heteroatoms. The Hall–Kier alpha value is -3.15. The number of amides is 1. The molecule has 0 unspecified atom stereocenters. The van der Waals surface area contributed by atoms with Gasteiger partial charge < -0.3 is 9.88 Å². The molecule has 0 radical (unpaired) electrons. The maximum Gasteiger partial charge on any atom is 0.261 e. The van der Waals surface area contributed by atoms with E-state index in [9.17, 15) is 9.59 Å². The molecule has 1 aliphatic rings. The van der Waals surface area contributed by atoms with Crippen molar-refractivity contribution in [3.05, 3.63) is 75.3 Å². The Balaban J connectivity index is 1.57. The lowest BCUT2D eigenvalue weighted by atomic mass is 9.95. The summed E-state index contributed by atoms with van der Waals surface area (Å²) in [4.78, 5) is 30.0. The molecule has 0 saturated heterocycles. The minimum absolute atomic E-state index is 0.206. The average Bonchev–Trinajstić information content (AvgIpc) is 3.22. The molecule has 2 aromatic heterocycles. The zero-order valence-electron chi connectivity index (χ0n) is 16.2. The molecular weight excluding hydrogens is 352 g/mol. The Morgan fingerprint density at radius 3 is 2.68 bits per heavy atom. The maximum atomic E-state index is 13.0. The van der Waals surface area contributed by atoms with E-state index in [1.807, 2.05) is 43.3 Å². The lowest BCUT2D eigenvalue weighted by Gasteiger charge is -2.24. The van der Waals surface area contributed by atoms with Gasteiger partial charge in [-0.3, -0.25) is 14.7 Å². The standard InChI is InChI=1S/C22H24N4O2/c1-14(19-13-20(25-24-19)15-8-4-3-5-9-15)26(2)22(28)17-12-16-10-6-7-11-18(16)23-21(17)27/h3-5,8-9,12-14H,6-7,10-11H2,1-2H3,(H,23,27)(H,24,25)/t14-/m1/s1. The van der Waals surface area contributed by atoms with Crippen molar-refractivity contribution in [2.45, 2.75) is 38.6 Å². The largest absolute Gasteiger partial charge is 0.333 e. The summed E-state index contributed by atoms with van der Waals surface area (Å²) < 4.78 is 0. The van der Waals surface area contributed by atoms with Gasteiger partial charge in [0.2, 0.25) is 0 Å². The van der Waals surface area contributed by atoms with E-state index in [1.54, 1.807) is 18.0 Å². The molecule has 1 atom stereocenters. The first kappa shape index (κ1) is 18.2. The topological polar surface area (TPSA) is 81.8 Å². The first-order valence-electron chi connectivity index (χ1n) is 9.67. The van der Waals surface area contributed by atoms with Crippen LogP contribution in [0, 0.1) is 0 Å². The highest BCUT2D eigenvalue weighted by Gasteiger charge is 2.24. The number of hydrogen-bond acceptors (Lipinski definition) is 3. The van der Waals surface area contributed by atoms with E-state index in [4.69, 9.17) is 0 Å². The highest BCUT2D eigenvalue weighted by atomic mass is 16.2. The van der Waals surface area contributed by atoms with Crippen molar-refractivity contribution < 1.29 is 4.79 Å². The molecule has 6 nitrogen and oxygen atoms in total. The number of aromatic nitrogens is 3. The number of carbonyl (C=O) groups excluding carboxylic acids is 1. The van der Waals surface area contributed by atoms with E-state index < -0.39 is 0 Å². The second-order valence-electron chi connectivity index (χ2n) is 7.39. The number of nitrogens with one attached hydrogen (secondary N) is 2. The molecule has 1 aliphatic carbocycles. The smallest absolute Gasteiger partial charge is 0.261 e. The lowest BCUT2D eigenvalue weighted by Crippen LogP contribution is -2.34. The van der Waals surface area contributed by atoms with Crippen molar-refractivity contribution >= 4 is 5.91 Å². The van der Waals surface area contributed by atoms with Crippen molar-refractivity contribution in [2.75, 3.05) is 7.05 Å². The fourth-order valence-corrected chi connectivity index (χ4v) is 3.72. The van der Waals surface area contributed by atoms with E-state index in [0.29, 0.717) is 0 Å². The minimum atomic E-state index is -0.306. The monoisotopic (exact) mass is 376 g/mol. The summed E-state index contributed by atoms with van der Waals surface area (Å²) in [6.45, 7) is 1.92. The van der Waals surface area contributed by atoms with Crippen LogP contribution in [0.25, 0.3) is 11.3 Å².